The molecule has 0 fully saturated rings. The van der Waals surface area contributed by atoms with Crippen LogP contribution >= 0.6 is 0 Å². The van der Waals surface area contributed by atoms with Crippen molar-refractivity contribution in [3.63, 3.8) is 0 Å². The van der Waals surface area contributed by atoms with E-state index in [2.05, 4.69) is 15.3 Å². The fraction of sp³-hybridized carbons (Fsp3) is 0. The van der Waals surface area contributed by atoms with Gasteiger partial charge in [-0.1, -0.05) is 0 Å². The molecule has 0 aliphatic carbocycles. The van der Waals surface area contributed by atoms with Gasteiger partial charge in [-0.25, -0.2) is 18.5 Å². The van der Waals surface area contributed by atoms with E-state index in [0.29, 0.717) is 11.5 Å². The Morgan fingerprint density at radius 2 is 1.78 bits per heavy atom. The van der Waals surface area contributed by atoms with E-state index in [4.69, 9.17) is 5.14 Å². The Morgan fingerprint density at radius 3 is 2.28 bits per heavy atom. The molecule has 0 aliphatic rings. The first-order valence-corrected chi connectivity index (χ1v) is 6.26. The second kappa shape index (κ2) is 6.08. The SMILES string of the molecule is NS(=O)(=O)c1ccc(Nc2cnccn2)cc1.[Ag]. The van der Waals surface area contributed by atoms with Gasteiger partial charge in [0.15, 0.2) is 0 Å². The molecule has 8 heteroatoms. The van der Waals surface area contributed by atoms with Crippen LogP contribution in [0.1, 0.15) is 0 Å². The Balaban J connectivity index is 0.00000162. The fourth-order valence-corrected chi connectivity index (χ4v) is 1.75. The standard InChI is InChI=1S/C10H10N4O2S.Ag/c11-17(15,16)9-3-1-8(2-4-9)14-10-7-12-5-6-13-10;/h1-7H,(H,13,14)(H2,11,15,16);. The van der Waals surface area contributed by atoms with Gasteiger partial charge in [0.2, 0.25) is 10.0 Å². The zero-order valence-corrected chi connectivity index (χ0v) is 11.3. The third kappa shape index (κ3) is 3.90. The molecule has 1 heterocycles. The van der Waals surface area contributed by atoms with Gasteiger partial charge >= 0.3 is 0 Å². The summed E-state index contributed by atoms with van der Waals surface area (Å²) in [5, 5.41) is 7.96. The quantitative estimate of drug-likeness (QED) is 0.794. The second-order valence-electron chi connectivity index (χ2n) is 3.29. The van der Waals surface area contributed by atoms with Crippen LogP contribution in [-0.2, 0) is 32.4 Å². The monoisotopic (exact) mass is 357 g/mol. The summed E-state index contributed by atoms with van der Waals surface area (Å²) in [5.41, 5.74) is 0.706. The molecule has 0 bridgehead atoms. The Hall–Kier alpha value is -1.25. The maximum absolute atomic E-state index is 11.0. The van der Waals surface area contributed by atoms with Crippen LogP contribution in [-0.4, -0.2) is 18.4 Å². The summed E-state index contributed by atoms with van der Waals surface area (Å²) in [4.78, 5) is 8.00. The van der Waals surface area contributed by atoms with Crippen molar-refractivity contribution in [2.75, 3.05) is 5.32 Å². The number of hydrogen-bond donors (Lipinski definition) is 2. The molecule has 1 aromatic heterocycles. The van der Waals surface area contributed by atoms with Crippen molar-refractivity contribution in [2.24, 2.45) is 5.14 Å². The van der Waals surface area contributed by atoms with Crippen molar-refractivity contribution < 1.29 is 30.8 Å². The number of rotatable bonds is 3. The predicted octanol–water partition coefficient (Wildman–Crippen LogP) is 0.865. The molecular formula is C10H10AgN4O2S. The topological polar surface area (TPSA) is 98.0 Å². The number of nitrogens with zero attached hydrogens (tertiary/aromatic N) is 2. The predicted molar refractivity (Wildman–Crippen MR) is 63.1 cm³/mol. The van der Waals surface area contributed by atoms with Crippen molar-refractivity contribution >= 4 is 21.5 Å². The van der Waals surface area contributed by atoms with Gasteiger partial charge in [-0.15, -0.1) is 0 Å². The Labute approximate surface area is 120 Å². The summed E-state index contributed by atoms with van der Waals surface area (Å²) in [6.45, 7) is 0. The minimum absolute atomic E-state index is 0. The van der Waals surface area contributed by atoms with Crippen molar-refractivity contribution in [3.05, 3.63) is 42.9 Å². The number of sulfonamides is 1. The Morgan fingerprint density at radius 1 is 1.11 bits per heavy atom. The molecule has 1 aromatic carbocycles. The molecule has 0 saturated carbocycles. The van der Waals surface area contributed by atoms with Gasteiger partial charge in [0.1, 0.15) is 5.82 Å². The molecule has 3 N–H and O–H groups in total. The zero-order valence-electron chi connectivity index (χ0n) is 9.04. The van der Waals surface area contributed by atoms with Crippen LogP contribution in [0.4, 0.5) is 11.5 Å². The maximum atomic E-state index is 11.0. The van der Waals surface area contributed by atoms with E-state index in [1.165, 1.54) is 12.1 Å². The van der Waals surface area contributed by atoms with Gasteiger partial charge in [0.05, 0.1) is 11.1 Å². The summed E-state index contributed by atoms with van der Waals surface area (Å²) in [7, 11) is -3.65. The van der Waals surface area contributed by atoms with E-state index < -0.39 is 10.0 Å². The van der Waals surface area contributed by atoms with Crippen molar-refractivity contribution in [1.82, 2.24) is 9.97 Å². The average Bonchev–Trinajstić information content (AvgIpc) is 2.30. The molecule has 6 nitrogen and oxygen atoms in total. The molecule has 0 saturated heterocycles. The van der Waals surface area contributed by atoms with Gasteiger partial charge in [0.25, 0.3) is 0 Å². The maximum Gasteiger partial charge on any atom is 0.238 e. The van der Waals surface area contributed by atoms with Crippen molar-refractivity contribution in [3.8, 4) is 0 Å². The Kier molecular flexibility index (Phi) is 5.00. The van der Waals surface area contributed by atoms with Crippen LogP contribution in [0.2, 0.25) is 0 Å². The normalized spacial score (nSPS) is 10.5. The van der Waals surface area contributed by atoms with E-state index in [1.807, 2.05) is 0 Å². The molecule has 2 rings (SSSR count). The molecule has 0 spiro atoms. The molecular weight excluding hydrogens is 348 g/mol. The third-order valence-corrected chi connectivity index (χ3v) is 2.95. The van der Waals surface area contributed by atoms with Gasteiger partial charge in [-0.2, -0.15) is 0 Å². The number of primary sulfonamides is 1. The van der Waals surface area contributed by atoms with Gasteiger partial charge in [-0.3, -0.25) is 4.98 Å². The van der Waals surface area contributed by atoms with Crippen LogP contribution in [0.5, 0.6) is 0 Å². The fourth-order valence-electron chi connectivity index (χ4n) is 1.24. The minimum atomic E-state index is -3.65. The molecule has 18 heavy (non-hydrogen) atoms. The van der Waals surface area contributed by atoms with E-state index in [-0.39, 0.29) is 27.3 Å². The Bertz CT molecular complexity index is 602. The second-order valence-corrected chi connectivity index (χ2v) is 4.85. The molecule has 1 radical (unpaired) electrons. The number of hydrogen-bond acceptors (Lipinski definition) is 5. The molecule has 0 atom stereocenters. The number of nitrogens with one attached hydrogen (secondary N) is 1. The first-order chi connectivity index (χ1) is 8.05. The molecule has 99 valence electrons. The van der Waals surface area contributed by atoms with Crippen molar-refractivity contribution in [1.29, 1.82) is 0 Å². The number of benzene rings is 1. The summed E-state index contributed by atoms with van der Waals surface area (Å²) >= 11 is 0. The van der Waals surface area contributed by atoms with Crippen molar-refractivity contribution in [2.45, 2.75) is 4.90 Å². The summed E-state index contributed by atoms with van der Waals surface area (Å²) in [6.07, 6.45) is 4.68. The number of anilines is 2. The average molecular weight is 358 g/mol. The first kappa shape index (κ1) is 14.8. The molecule has 0 unspecified atom stereocenters. The minimum Gasteiger partial charge on any atom is -0.339 e. The van der Waals surface area contributed by atoms with Crippen LogP contribution in [0.25, 0.3) is 0 Å². The summed E-state index contributed by atoms with van der Waals surface area (Å²) in [6, 6.07) is 6.06. The first-order valence-electron chi connectivity index (χ1n) is 4.71. The van der Waals surface area contributed by atoms with E-state index >= 15 is 0 Å². The molecule has 2 aromatic rings. The van der Waals surface area contributed by atoms with Crippen LogP contribution in [0, 0.1) is 0 Å². The summed E-state index contributed by atoms with van der Waals surface area (Å²) in [5.74, 6) is 0.579. The number of nitrogens with two attached hydrogens (primary N) is 1. The van der Waals surface area contributed by atoms with E-state index in [1.54, 1.807) is 30.7 Å². The van der Waals surface area contributed by atoms with Gasteiger partial charge in [-0.05, 0) is 24.3 Å². The van der Waals surface area contributed by atoms with Crippen LogP contribution in [0.3, 0.4) is 0 Å². The van der Waals surface area contributed by atoms with E-state index in [9.17, 15) is 8.42 Å². The van der Waals surface area contributed by atoms with Crippen LogP contribution in [0.15, 0.2) is 47.8 Å². The van der Waals surface area contributed by atoms with Gasteiger partial charge in [0, 0.05) is 40.5 Å². The van der Waals surface area contributed by atoms with Gasteiger partial charge < -0.3 is 5.32 Å². The molecule has 0 amide bonds. The zero-order chi connectivity index (χ0) is 12.3. The summed E-state index contributed by atoms with van der Waals surface area (Å²) < 4.78 is 22.1. The third-order valence-electron chi connectivity index (χ3n) is 2.02. The number of aromatic nitrogens is 2. The van der Waals surface area contributed by atoms with Crippen LogP contribution < -0.4 is 10.5 Å². The van der Waals surface area contributed by atoms with E-state index in [0.717, 1.165) is 0 Å². The molecule has 0 aliphatic heterocycles. The smallest absolute Gasteiger partial charge is 0.238 e. The largest absolute Gasteiger partial charge is 0.339 e.